The molecule has 2 aromatic rings. The van der Waals surface area contributed by atoms with Crippen molar-refractivity contribution >= 4 is 23.4 Å². The van der Waals surface area contributed by atoms with Crippen LogP contribution < -0.4 is 4.90 Å². The Morgan fingerprint density at radius 1 is 1.04 bits per heavy atom. The molecule has 4 rings (SSSR count). The second-order valence-electron chi connectivity index (χ2n) is 8.11. The Balaban J connectivity index is 1.30. The molecule has 0 N–H and O–H groups in total. The van der Waals surface area contributed by atoms with Crippen molar-refractivity contribution < 1.29 is 9.53 Å². The Kier molecular flexibility index (Phi) is 5.24. The third-order valence-corrected chi connectivity index (χ3v) is 6.26. The van der Waals surface area contributed by atoms with Crippen LogP contribution in [-0.4, -0.2) is 43.8 Å². The summed E-state index contributed by atoms with van der Waals surface area (Å²) in [5, 5.41) is 0.734. The lowest BCUT2D eigenvalue weighted by Crippen LogP contribution is -2.49. The summed E-state index contributed by atoms with van der Waals surface area (Å²) < 4.78 is 5.71. The fourth-order valence-corrected chi connectivity index (χ4v) is 4.18. The first kappa shape index (κ1) is 19.1. The lowest BCUT2D eigenvalue weighted by Gasteiger charge is -2.36. The highest BCUT2D eigenvalue weighted by Gasteiger charge is 2.45. The van der Waals surface area contributed by atoms with Gasteiger partial charge in [0.1, 0.15) is 6.61 Å². The molecule has 0 unspecified atom stereocenters. The van der Waals surface area contributed by atoms with Crippen LogP contribution in [0.1, 0.15) is 29.5 Å². The molecule has 2 aromatic carbocycles. The molecule has 4 nitrogen and oxygen atoms in total. The molecular weight excluding hydrogens is 372 g/mol. The van der Waals surface area contributed by atoms with Crippen molar-refractivity contribution in [2.24, 2.45) is 0 Å². The van der Waals surface area contributed by atoms with Gasteiger partial charge in [-0.1, -0.05) is 41.4 Å². The molecule has 0 aromatic heterocycles. The second-order valence-corrected chi connectivity index (χ2v) is 8.54. The molecule has 148 valence electrons. The summed E-state index contributed by atoms with van der Waals surface area (Å²) in [7, 11) is 0. The number of halogens is 1. The maximum Gasteiger partial charge on any atom is 0.409 e. The molecule has 0 bridgehead atoms. The second kappa shape index (κ2) is 7.67. The van der Waals surface area contributed by atoms with Crippen molar-refractivity contribution in [2.45, 2.75) is 32.1 Å². The van der Waals surface area contributed by atoms with Gasteiger partial charge in [-0.05, 0) is 56.0 Å². The van der Waals surface area contributed by atoms with Crippen LogP contribution in [0.4, 0.5) is 10.5 Å². The van der Waals surface area contributed by atoms with Gasteiger partial charge in [-0.15, -0.1) is 0 Å². The molecule has 1 aliphatic carbocycles. The number of nitrogens with zero attached hydrogens (tertiary/aromatic N) is 2. The quantitative estimate of drug-likeness (QED) is 0.730. The number of carbonyl (C=O) groups excluding carboxylic acids is 1. The number of rotatable bonds is 4. The zero-order valence-corrected chi connectivity index (χ0v) is 17.3. The third-order valence-electron chi connectivity index (χ3n) is 6.01. The fourth-order valence-electron chi connectivity index (χ4n) is 4.05. The molecular formula is C23H27ClN2O2. The van der Waals surface area contributed by atoms with Gasteiger partial charge in [0.05, 0.1) is 0 Å². The van der Waals surface area contributed by atoms with E-state index in [1.54, 1.807) is 0 Å². The zero-order chi connectivity index (χ0) is 19.7. The predicted molar refractivity (Wildman–Crippen MR) is 113 cm³/mol. The monoisotopic (exact) mass is 398 g/mol. The van der Waals surface area contributed by atoms with E-state index in [2.05, 4.69) is 36.9 Å². The minimum Gasteiger partial charge on any atom is -0.448 e. The molecule has 0 spiro atoms. The minimum absolute atomic E-state index is 0.0128. The van der Waals surface area contributed by atoms with Crippen molar-refractivity contribution in [3.05, 3.63) is 64.2 Å². The molecule has 5 heteroatoms. The minimum atomic E-state index is -0.194. The lowest BCUT2D eigenvalue weighted by molar-refractivity contribution is 0.0916. The first-order valence-corrected chi connectivity index (χ1v) is 10.3. The highest BCUT2D eigenvalue weighted by atomic mass is 35.5. The standard InChI is InChI=1S/C23H27ClN2O2/c1-17-3-8-21(18(2)15-17)25-11-13-26(14-12-25)22(27)28-16-23(9-10-23)19-4-6-20(24)7-5-19/h3-8,15H,9-14,16H2,1-2H3. The average Bonchev–Trinajstić information content (AvgIpc) is 3.48. The van der Waals surface area contributed by atoms with Crippen LogP contribution in [0.25, 0.3) is 0 Å². The van der Waals surface area contributed by atoms with Crippen LogP contribution in [0, 0.1) is 13.8 Å². The van der Waals surface area contributed by atoms with Gasteiger partial charge >= 0.3 is 6.09 Å². The zero-order valence-electron chi connectivity index (χ0n) is 16.6. The summed E-state index contributed by atoms with van der Waals surface area (Å²) in [4.78, 5) is 16.8. The molecule has 0 radical (unpaired) electrons. The number of carbonyl (C=O) groups is 1. The Hall–Kier alpha value is -2.20. The summed E-state index contributed by atoms with van der Waals surface area (Å²) in [6.07, 6.45) is 1.92. The van der Waals surface area contributed by atoms with Gasteiger partial charge in [-0.3, -0.25) is 0 Å². The highest BCUT2D eigenvalue weighted by Crippen LogP contribution is 2.48. The molecule has 2 fully saturated rings. The SMILES string of the molecule is Cc1ccc(N2CCN(C(=O)OCC3(c4ccc(Cl)cc4)CC3)CC2)c(C)c1. The summed E-state index contributed by atoms with van der Waals surface area (Å²) >= 11 is 5.99. The van der Waals surface area contributed by atoms with Gasteiger partial charge in [-0.2, -0.15) is 0 Å². The van der Waals surface area contributed by atoms with E-state index in [9.17, 15) is 4.79 Å². The van der Waals surface area contributed by atoms with Gasteiger partial charge in [-0.25, -0.2) is 4.79 Å². The molecule has 1 amide bonds. The normalized spacial score (nSPS) is 18.1. The molecule has 0 atom stereocenters. The van der Waals surface area contributed by atoms with Gasteiger partial charge in [0.25, 0.3) is 0 Å². The number of amides is 1. The Labute approximate surface area is 172 Å². The molecule has 1 saturated carbocycles. The first-order chi connectivity index (χ1) is 13.5. The van der Waals surface area contributed by atoms with Crippen molar-refractivity contribution in [2.75, 3.05) is 37.7 Å². The fraction of sp³-hybridized carbons (Fsp3) is 0.435. The average molecular weight is 399 g/mol. The van der Waals surface area contributed by atoms with Crippen LogP contribution in [0.3, 0.4) is 0 Å². The van der Waals surface area contributed by atoms with E-state index >= 15 is 0 Å². The van der Waals surface area contributed by atoms with E-state index in [0.717, 1.165) is 31.0 Å². The molecule has 1 aliphatic heterocycles. The molecule has 1 saturated heterocycles. The Morgan fingerprint density at radius 2 is 1.71 bits per heavy atom. The molecule has 1 heterocycles. The van der Waals surface area contributed by atoms with Crippen LogP contribution in [0.15, 0.2) is 42.5 Å². The van der Waals surface area contributed by atoms with Gasteiger partial charge < -0.3 is 14.5 Å². The number of piperazine rings is 1. The number of hydrogen-bond donors (Lipinski definition) is 0. The van der Waals surface area contributed by atoms with Crippen molar-refractivity contribution in [3.63, 3.8) is 0 Å². The smallest absolute Gasteiger partial charge is 0.409 e. The maximum atomic E-state index is 12.6. The maximum absolute atomic E-state index is 12.6. The van der Waals surface area contributed by atoms with Crippen molar-refractivity contribution in [1.29, 1.82) is 0 Å². The van der Waals surface area contributed by atoms with Crippen LogP contribution in [0.5, 0.6) is 0 Å². The predicted octanol–water partition coefficient (Wildman–Crippen LogP) is 4.95. The Morgan fingerprint density at radius 3 is 2.32 bits per heavy atom. The number of ether oxygens (including phenoxy) is 1. The molecule has 2 aliphatic rings. The van der Waals surface area contributed by atoms with Gasteiger partial charge in [0.15, 0.2) is 0 Å². The van der Waals surface area contributed by atoms with Crippen LogP contribution in [0.2, 0.25) is 5.02 Å². The lowest BCUT2D eigenvalue weighted by atomic mass is 9.97. The third kappa shape index (κ3) is 3.97. The van der Waals surface area contributed by atoms with Crippen LogP contribution >= 0.6 is 11.6 Å². The van der Waals surface area contributed by atoms with E-state index in [4.69, 9.17) is 16.3 Å². The van der Waals surface area contributed by atoms with Gasteiger partial charge in [0, 0.05) is 42.3 Å². The van der Waals surface area contributed by atoms with E-state index in [-0.39, 0.29) is 11.5 Å². The largest absolute Gasteiger partial charge is 0.448 e. The summed E-state index contributed by atoms with van der Waals surface area (Å²) in [5.74, 6) is 0. The molecule has 28 heavy (non-hydrogen) atoms. The Bertz CT molecular complexity index is 853. The number of aryl methyl sites for hydroxylation is 2. The number of benzene rings is 2. The topological polar surface area (TPSA) is 32.8 Å². The van der Waals surface area contributed by atoms with Crippen molar-refractivity contribution in [1.82, 2.24) is 4.90 Å². The van der Waals surface area contributed by atoms with Crippen LogP contribution in [-0.2, 0) is 10.2 Å². The van der Waals surface area contributed by atoms with E-state index in [0.29, 0.717) is 19.7 Å². The van der Waals surface area contributed by atoms with E-state index in [1.807, 2.05) is 29.2 Å². The van der Waals surface area contributed by atoms with E-state index < -0.39 is 0 Å². The van der Waals surface area contributed by atoms with Crippen molar-refractivity contribution in [3.8, 4) is 0 Å². The number of anilines is 1. The highest BCUT2D eigenvalue weighted by molar-refractivity contribution is 6.30. The first-order valence-electron chi connectivity index (χ1n) is 9.97. The number of hydrogen-bond acceptors (Lipinski definition) is 3. The van der Waals surface area contributed by atoms with E-state index in [1.165, 1.54) is 22.4 Å². The summed E-state index contributed by atoms with van der Waals surface area (Å²) in [6.45, 7) is 7.77. The summed E-state index contributed by atoms with van der Waals surface area (Å²) in [6, 6.07) is 14.5. The van der Waals surface area contributed by atoms with Gasteiger partial charge in [0.2, 0.25) is 0 Å². The summed E-state index contributed by atoms with van der Waals surface area (Å²) in [5.41, 5.74) is 5.02.